The first-order valence-electron chi connectivity index (χ1n) is 6.19. The van der Waals surface area contributed by atoms with Crippen LogP contribution in [0.25, 0.3) is 0 Å². The van der Waals surface area contributed by atoms with Gasteiger partial charge in [-0.1, -0.05) is 28.1 Å². The minimum Gasteiger partial charge on any atom is -0.480 e. The van der Waals surface area contributed by atoms with Crippen LogP contribution in [0, 0.1) is 0 Å². The number of urea groups is 1. The van der Waals surface area contributed by atoms with Crippen molar-refractivity contribution >= 4 is 27.9 Å². The summed E-state index contributed by atoms with van der Waals surface area (Å²) in [7, 11) is 1.47. The first-order chi connectivity index (χ1) is 9.16. The van der Waals surface area contributed by atoms with Crippen molar-refractivity contribution in [2.24, 2.45) is 0 Å². The number of hydrogen-bond donors (Lipinski definition) is 2. The zero-order valence-corrected chi connectivity index (χ0v) is 13.6. The molecule has 1 aromatic rings. The second-order valence-corrected chi connectivity index (χ2v) is 6.06. The van der Waals surface area contributed by atoms with E-state index in [0.29, 0.717) is 0 Å². The molecule has 0 spiro atoms. The predicted molar refractivity (Wildman–Crippen MR) is 80.6 cm³/mol. The molecule has 1 aromatic carbocycles. The first kappa shape index (κ1) is 16.5. The SMILES string of the molecule is CC(NC(=O)N(C)C(C)(C)C(=O)O)c1ccc(Br)cc1. The summed E-state index contributed by atoms with van der Waals surface area (Å²) in [5.74, 6) is -1.05. The fourth-order valence-electron chi connectivity index (χ4n) is 1.51. The molecule has 0 fully saturated rings. The molecule has 0 aliphatic rings. The van der Waals surface area contributed by atoms with Crippen LogP contribution in [0.5, 0.6) is 0 Å². The van der Waals surface area contributed by atoms with Crippen molar-refractivity contribution in [2.75, 3.05) is 7.05 Å². The molecule has 0 aromatic heterocycles. The number of nitrogens with one attached hydrogen (secondary N) is 1. The number of hydrogen-bond acceptors (Lipinski definition) is 2. The zero-order valence-electron chi connectivity index (χ0n) is 12.0. The van der Waals surface area contributed by atoms with Crippen LogP contribution < -0.4 is 5.32 Å². The first-order valence-corrected chi connectivity index (χ1v) is 6.98. The predicted octanol–water partition coefficient (Wildman–Crippen LogP) is 3.01. The normalized spacial score (nSPS) is 12.7. The van der Waals surface area contributed by atoms with Crippen LogP contribution in [0.4, 0.5) is 4.79 Å². The standard InChI is InChI=1S/C14H19BrN2O3/c1-9(10-5-7-11(15)8-6-10)16-13(20)17(4)14(2,3)12(18)19/h5-9H,1-4H3,(H,16,20)(H,18,19). The van der Waals surface area contributed by atoms with Gasteiger partial charge < -0.3 is 15.3 Å². The molecular formula is C14H19BrN2O3. The third-order valence-corrected chi connectivity index (χ3v) is 3.91. The zero-order chi connectivity index (χ0) is 15.5. The molecule has 1 rings (SSSR count). The monoisotopic (exact) mass is 342 g/mol. The van der Waals surface area contributed by atoms with Gasteiger partial charge in [0, 0.05) is 11.5 Å². The summed E-state index contributed by atoms with van der Waals surface area (Å²) in [4.78, 5) is 24.4. The van der Waals surface area contributed by atoms with E-state index in [2.05, 4.69) is 21.2 Å². The maximum Gasteiger partial charge on any atom is 0.329 e. The van der Waals surface area contributed by atoms with Crippen molar-refractivity contribution in [1.82, 2.24) is 10.2 Å². The number of amides is 2. The summed E-state index contributed by atoms with van der Waals surface area (Å²) >= 11 is 3.35. The minimum absolute atomic E-state index is 0.206. The van der Waals surface area contributed by atoms with Crippen LogP contribution in [0.2, 0.25) is 0 Å². The van der Waals surface area contributed by atoms with Crippen LogP contribution in [0.1, 0.15) is 32.4 Å². The Kier molecular flexibility index (Phi) is 5.16. The third-order valence-electron chi connectivity index (χ3n) is 3.38. The molecule has 1 atom stereocenters. The molecule has 0 saturated carbocycles. The molecule has 0 bridgehead atoms. The van der Waals surface area contributed by atoms with E-state index >= 15 is 0 Å². The number of nitrogens with zero attached hydrogens (tertiary/aromatic N) is 1. The summed E-state index contributed by atoms with van der Waals surface area (Å²) in [5, 5.41) is 11.9. The van der Waals surface area contributed by atoms with E-state index < -0.39 is 17.5 Å². The fraction of sp³-hybridized carbons (Fsp3) is 0.429. The molecule has 5 nitrogen and oxygen atoms in total. The minimum atomic E-state index is -1.26. The van der Waals surface area contributed by atoms with Crippen LogP contribution in [-0.2, 0) is 4.79 Å². The molecule has 110 valence electrons. The van der Waals surface area contributed by atoms with Gasteiger partial charge in [-0.05, 0) is 38.5 Å². The van der Waals surface area contributed by atoms with E-state index in [-0.39, 0.29) is 6.04 Å². The van der Waals surface area contributed by atoms with Crippen molar-refractivity contribution in [3.63, 3.8) is 0 Å². The van der Waals surface area contributed by atoms with E-state index in [1.54, 1.807) is 0 Å². The lowest BCUT2D eigenvalue weighted by Gasteiger charge is -2.32. The van der Waals surface area contributed by atoms with Gasteiger partial charge in [0.2, 0.25) is 0 Å². The Bertz CT molecular complexity index is 500. The van der Waals surface area contributed by atoms with Crippen LogP contribution in [-0.4, -0.2) is 34.6 Å². The molecule has 6 heteroatoms. The van der Waals surface area contributed by atoms with E-state index in [4.69, 9.17) is 5.11 Å². The number of carboxylic acids is 1. The summed E-state index contributed by atoms with van der Waals surface area (Å²) in [6.07, 6.45) is 0. The number of likely N-dealkylation sites (N-methyl/N-ethyl adjacent to an activating group) is 1. The van der Waals surface area contributed by atoms with Gasteiger partial charge >= 0.3 is 12.0 Å². The number of carboxylic acid groups (broad SMARTS) is 1. The molecule has 0 saturated heterocycles. The second-order valence-electron chi connectivity index (χ2n) is 5.15. The van der Waals surface area contributed by atoms with Crippen LogP contribution in [0.15, 0.2) is 28.7 Å². The summed E-state index contributed by atoms with van der Waals surface area (Å²) in [6.45, 7) is 4.82. The van der Waals surface area contributed by atoms with Crippen molar-refractivity contribution < 1.29 is 14.7 Å². The van der Waals surface area contributed by atoms with E-state index in [1.807, 2.05) is 31.2 Å². The van der Waals surface area contributed by atoms with Crippen molar-refractivity contribution in [1.29, 1.82) is 0 Å². The van der Waals surface area contributed by atoms with Gasteiger partial charge in [0.25, 0.3) is 0 Å². The largest absolute Gasteiger partial charge is 0.480 e. The van der Waals surface area contributed by atoms with E-state index in [0.717, 1.165) is 10.0 Å². The maximum absolute atomic E-state index is 12.1. The number of halogens is 1. The Labute approximate surface area is 127 Å². The molecule has 2 N–H and O–H groups in total. The van der Waals surface area contributed by atoms with Gasteiger partial charge in [-0.25, -0.2) is 9.59 Å². The molecule has 0 aliphatic carbocycles. The average molecular weight is 343 g/mol. The van der Waals surface area contributed by atoms with Gasteiger partial charge in [-0.3, -0.25) is 0 Å². The molecule has 2 amide bonds. The van der Waals surface area contributed by atoms with E-state index in [9.17, 15) is 9.59 Å². The van der Waals surface area contributed by atoms with Crippen molar-refractivity contribution in [3.05, 3.63) is 34.3 Å². The summed E-state index contributed by atoms with van der Waals surface area (Å²) < 4.78 is 0.962. The van der Waals surface area contributed by atoms with Crippen molar-refractivity contribution in [3.8, 4) is 0 Å². The number of rotatable bonds is 4. The molecule has 0 aliphatic heterocycles. The Morgan fingerprint density at radius 1 is 1.30 bits per heavy atom. The molecular weight excluding hydrogens is 324 g/mol. The lowest BCUT2D eigenvalue weighted by molar-refractivity contribution is -0.146. The van der Waals surface area contributed by atoms with Gasteiger partial charge in [-0.15, -0.1) is 0 Å². The smallest absolute Gasteiger partial charge is 0.329 e. The van der Waals surface area contributed by atoms with Gasteiger partial charge in [0.05, 0.1) is 6.04 Å². The molecule has 20 heavy (non-hydrogen) atoms. The highest BCUT2D eigenvalue weighted by Crippen LogP contribution is 2.18. The highest BCUT2D eigenvalue weighted by atomic mass is 79.9. The number of aliphatic carboxylic acids is 1. The third kappa shape index (κ3) is 3.72. The average Bonchev–Trinajstić information content (AvgIpc) is 2.38. The fourth-order valence-corrected chi connectivity index (χ4v) is 1.78. The second kappa shape index (κ2) is 6.26. The maximum atomic E-state index is 12.1. The topological polar surface area (TPSA) is 69.6 Å². The van der Waals surface area contributed by atoms with Gasteiger partial charge in [-0.2, -0.15) is 0 Å². The summed E-state index contributed by atoms with van der Waals surface area (Å²) in [6, 6.07) is 6.95. The van der Waals surface area contributed by atoms with Crippen LogP contribution >= 0.6 is 15.9 Å². The highest BCUT2D eigenvalue weighted by Gasteiger charge is 2.35. The Hall–Kier alpha value is -1.56. The van der Waals surface area contributed by atoms with E-state index in [1.165, 1.54) is 25.8 Å². The number of carbonyl (C=O) groups is 2. The lowest BCUT2D eigenvalue weighted by Crippen LogP contribution is -2.54. The highest BCUT2D eigenvalue weighted by molar-refractivity contribution is 9.10. The summed E-state index contributed by atoms with van der Waals surface area (Å²) in [5.41, 5.74) is -0.313. The molecule has 0 radical (unpaired) electrons. The van der Waals surface area contributed by atoms with Crippen molar-refractivity contribution in [2.45, 2.75) is 32.4 Å². The van der Waals surface area contributed by atoms with Crippen LogP contribution in [0.3, 0.4) is 0 Å². The van der Waals surface area contributed by atoms with Gasteiger partial charge in [0.15, 0.2) is 0 Å². The van der Waals surface area contributed by atoms with Gasteiger partial charge in [0.1, 0.15) is 5.54 Å². The Morgan fingerprint density at radius 3 is 2.25 bits per heavy atom. The quantitative estimate of drug-likeness (QED) is 0.883. The Balaban J connectivity index is 2.75. The number of carbonyl (C=O) groups excluding carboxylic acids is 1. The lowest BCUT2D eigenvalue weighted by atomic mass is 10.0. The Morgan fingerprint density at radius 2 is 1.80 bits per heavy atom. The molecule has 1 unspecified atom stereocenters. The number of benzene rings is 1. The molecule has 0 heterocycles.